The summed E-state index contributed by atoms with van der Waals surface area (Å²) in [4.78, 5) is 20.6. The van der Waals surface area contributed by atoms with E-state index < -0.39 is 0 Å². The van der Waals surface area contributed by atoms with Crippen LogP contribution in [0.3, 0.4) is 0 Å². The summed E-state index contributed by atoms with van der Waals surface area (Å²) in [5.41, 5.74) is 12.4. The molecule has 6 heteroatoms. The lowest BCUT2D eigenvalue weighted by molar-refractivity contribution is 0.564. The summed E-state index contributed by atoms with van der Waals surface area (Å²) in [5, 5.41) is 1.11. The molecule has 2 unspecified atom stereocenters. The molecule has 0 aliphatic carbocycles. The SMILES string of the molecule is CC12C=CN=CC1N(c1ccc(-c3ccc(Cc4ccc(-n5c6cnccc6c6ncccc65)cc4)cc3)cc1)c1cccnc12. The molecule has 46 heavy (non-hydrogen) atoms. The zero-order chi connectivity index (χ0) is 30.7. The van der Waals surface area contributed by atoms with Crippen molar-refractivity contribution in [2.24, 2.45) is 4.99 Å². The van der Waals surface area contributed by atoms with E-state index in [1.807, 2.05) is 55.4 Å². The van der Waals surface area contributed by atoms with Gasteiger partial charge in [-0.3, -0.25) is 19.9 Å². The van der Waals surface area contributed by atoms with E-state index in [0.717, 1.165) is 51.1 Å². The highest BCUT2D eigenvalue weighted by molar-refractivity contribution is 6.06. The third-order valence-corrected chi connectivity index (χ3v) is 9.54. The maximum Gasteiger partial charge on any atom is 0.0964 e. The molecule has 0 N–H and O–H groups in total. The largest absolute Gasteiger partial charge is 0.330 e. The van der Waals surface area contributed by atoms with Crippen LogP contribution in [0.1, 0.15) is 23.7 Å². The zero-order valence-corrected chi connectivity index (χ0v) is 25.3. The number of aliphatic imine (C=N–C) groups is 1. The molecule has 3 aromatic carbocycles. The van der Waals surface area contributed by atoms with Crippen molar-refractivity contribution < 1.29 is 0 Å². The Kier molecular flexibility index (Phi) is 5.96. The van der Waals surface area contributed by atoms with Crippen molar-refractivity contribution in [1.82, 2.24) is 19.5 Å². The molecule has 220 valence electrons. The maximum atomic E-state index is 4.77. The molecule has 0 saturated heterocycles. The Morgan fingerprint density at radius 1 is 0.696 bits per heavy atom. The predicted molar refractivity (Wildman–Crippen MR) is 186 cm³/mol. The molecule has 9 rings (SSSR count). The lowest BCUT2D eigenvalue weighted by Gasteiger charge is -2.33. The van der Waals surface area contributed by atoms with Crippen LogP contribution in [-0.2, 0) is 11.8 Å². The third-order valence-electron chi connectivity index (χ3n) is 9.54. The number of anilines is 2. The minimum atomic E-state index is -0.201. The fraction of sp³-hybridized carbons (Fsp3) is 0.100. The number of hydrogen-bond donors (Lipinski definition) is 0. The molecule has 2 atom stereocenters. The van der Waals surface area contributed by atoms with E-state index in [0.29, 0.717) is 0 Å². The Hall–Kier alpha value is -5.88. The molecule has 7 aromatic rings. The molecule has 6 nitrogen and oxygen atoms in total. The minimum absolute atomic E-state index is 0.0950. The fourth-order valence-electron chi connectivity index (χ4n) is 7.18. The van der Waals surface area contributed by atoms with Gasteiger partial charge in [-0.25, -0.2) is 0 Å². The third kappa shape index (κ3) is 4.10. The number of rotatable bonds is 5. The summed E-state index contributed by atoms with van der Waals surface area (Å²) < 4.78 is 2.24. The summed E-state index contributed by atoms with van der Waals surface area (Å²) in [6, 6.07) is 37.0. The summed E-state index contributed by atoms with van der Waals surface area (Å²) in [5.74, 6) is 0. The fourth-order valence-corrected chi connectivity index (χ4v) is 7.18. The number of benzene rings is 3. The zero-order valence-electron chi connectivity index (χ0n) is 25.3. The molecule has 2 aliphatic rings. The van der Waals surface area contributed by atoms with E-state index in [9.17, 15) is 0 Å². The molecule has 6 heterocycles. The van der Waals surface area contributed by atoms with E-state index in [-0.39, 0.29) is 11.5 Å². The number of fused-ring (bicyclic) bond motifs is 6. The van der Waals surface area contributed by atoms with Gasteiger partial charge in [0.15, 0.2) is 0 Å². The van der Waals surface area contributed by atoms with Crippen LogP contribution in [0.4, 0.5) is 11.4 Å². The normalized spacial score (nSPS) is 18.3. The van der Waals surface area contributed by atoms with Gasteiger partial charge in [0.2, 0.25) is 0 Å². The van der Waals surface area contributed by atoms with E-state index in [2.05, 4.69) is 122 Å². The topological polar surface area (TPSA) is 59.2 Å². The van der Waals surface area contributed by atoms with Crippen molar-refractivity contribution in [1.29, 1.82) is 0 Å². The molecule has 2 aliphatic heterocycles. The smallest absolute Gasteiger partial charge is 0.0964 e. The second-order valence-electron chi connectivity index (χ2n) is 12.3. The molecule has 4 aromatic heterocycles. The van der Waals surface area contributed by atoms with Crippen LogP contribution < -0.4 is 4.90 Å². The molecular formula is C40H30N6. The Morgan fingerprint density at radius 3 is 2.20 bits per heavy atom. The number of aromatic nitrogens is 4. The Labute approximate surface area is 267 Å². The Morgan fingerprint density at radius 2 is 1.39 bits per heavy atom. The quantitative estimate of drug-likeness (QED) is 0.200. The van der Waals surface area contributed by atoms with Gasteiger partial charge in [-0.15, -0.1) is 0 Å². The van der Waals surface area contributed by atoms with E-state index in [1.165, 1.54) is 22.3 Å². The summed E-state index contributed by atoms with van der Waals surface area (Å²) in [6.45, 7) is 2.25. The van der Waals surface area contributed by atoms with Crippen LogP contribution in [0.2, 0.25) is 0 Å². The molecule has 0 bridgehead atoms. The van der Waals surface area contributed by atoms with Crippen LogP contribution in [-0.4, -0.2) is 31.8 Å². The lowest BCUT2D eigenvalue weighted by Crippen LogP contribution is -2.42. The Balaban J connectivity index is 0.942. The summed E-state index contributed by atoms with van der Waals surface area (Å²) in [6.07, 6.45) is 14.5. The van der Waals surface area contributed by atoms with Gasteiger partial charge in [-0.05, 0) is 90.2 Å². The molecule has 0 spiro atoms. The highest BCUT2D eigenvalue weighted by Crippen LogP contribution is 2.49. The van der Waals surface area contributed by atoms with Gasteiger partial charge < -0.3 is 9.47 Å². The second kappa shape index (κ2) is 10.3. The number of pyridine rings is 3. The average molecular weight is 595 g/mol. The Bertz CT molecular complexity index is 2250. The lowest BCUT2D eigenvalue weighted by atomic mass is 9.80. The molecule has 0 saturated carbocycles. The standard InChI is InChI=1S/C40H30N6/c1-40-19-23-42-26-37(40)46(35-5-3-21-44-39(35)40)32-16-12-30(13-17-32)29-10-6-27(7-11-29)24-28-8-14-31(15-9-28)45-34-4-2-20-43-38(34)33-18-22-41-25-36(33)45/h2-23,25-26,37H,24H2,1H3. The van der Waals surface area contributed by atoms with Crippen molar-refractivity contribution >= 4 is 39.5 Å². The molecule has 0 amide bonds. The van der Waals surface area contributed by atoms with Crippen LogP contribution in [0.15, 0.2) is 145 Å². The van der Waals surface area contributed by atoms with Crippen molar-refractivity contribution in [3.8, 4) is 16.8 Å². The molecule has 0 radical (unpaired) electrons. The van der Waals surface area contributed by atoms with Crippen LogP contribution in [0.25, 0.3) is 38.8 Å². The van der Waals surface area contributed by atoms with Crippen LogP contribution in [0.5, 0.6) is 0 Å². The molecular weight excluding hydrogens is 564 g/mol. The van der Waals surface area contributed by atoms with Crippen molar-refractivity contribution in [3.63, 3.8) is 0 Å². The van der Waals surface area contributed by atoms with Gasteiger partial charge in [0.1, 0.15) is 0 Å². The minimum Gasteiger partial charge on any atom is -0.330 e. The van der Waals surface area contributed by atoms with Crippen LogP contribution in [0, 0.1) is 0 Å². The first kappa shape index (κ1) is 26.5. The van der Waals surface area contributed by atoms with E-state index in [4.69, 9.17) is 4.98 Å². The first-order valence-electron chi connectivity index (χ1n) is 15.6. The van der Waals surface area contributed by atoms with Gasteiger partial charge in [-0.1, -0.05) is 54.6 Å². The monoisotopic (exact) mass is 594 g/mol. The van der Waals surface area contributed by atoms with Gasteiger partial charge in [0, 0.05) is 47.8 Å². The van der Waals surface area contributed by atoms with E-state index >= 15 is 0 Å². The van der Waals surface area contributed by atoms with Crippen molar-refractivity contribution in [2.45, 2.75) is 24.8 Å². The van der Waals surface area contributed by atoms with Gasteiger partial charge in [0.05, 0.1) is 45.6 Å². The van der Waals surface area contributed by atoms with Crippen molar-refractivity contribution in [3.05, 3.63) is 157 Å². The van der Waals surface area contributed by atoms with E-state index in [1.54, 1.807) is 0 Å². The number of hydrogen-bond acceptors (Lipinski definition) is 5. The average Bonchev–Trinajstić information content (AvgIpc) is 3.59. The summed E-state index contributed by atoms with van der Waals surface area (Å²) in [7, 11) is 0. The van der Waals surface area contributed by atoms with Gasteiger partial charge in [-0.2, -0.15) is 0 Å². The highest BCUT2D eigenvalue weighted by atomic mass is 15.2. The molecule has 0 fully saturated rings. The predicted octanol–water partition coefficient (Wildman–Crippen LogP) is 8.60. The van der Waals surface area contributed by atoms with Crippen LogP contribution >= 0.6 is 0 Å². The van der Waals surface area contributed by atoms with Gasteiger partial charge >= 0.3 is 0 Å². The van der Waals surface area contributed by atoms with Crippen molar-refractivity contribution in [2.75, 3.05) is 4.90 Å². The highest BCUT2D eigenvalue weighted by Gasteiger charge is 2.48. The first-order valence-corrected chi connectivity index (χ1v) is 15.6. The first-order chi connectivity index (χ1) is 22.7. The maximum absolute atomic E-state index is 4.77. The second-order valence-corrected chi connectivity index (χ2v) is 12.3. The van der Waals surface area contributed by atoms with Gasteiger partial charge in [0.25, 0.3) is 0 Å². The number of nitrogens with zero attached hydrogens (tertiary/aromatic N) is 6. The summed E-state index contributed by atoms with van der Waals surface area (Å²) >= 11 is 0.